The Kier molecular flexibility index (Phi) is 4.52. The third-order valence-electron chi connectivity index (χ3n) is 3.55. The fourth-order valence-electron chi connectivity index (χ4n) is 2.30. The highest BCUT2D eigenvalue weighted by Gasteiger charge is 2.16. The number of ether oxygens (including phenoxy) is 1. The second-order valence-electron chi connectivity index (χ2n) is 5.33. The summed E-state index contributed by atoms with van der Waals surface area (Å²) in [7, 11) is 0. The molecule has 128 valence electrons. The summed E-state index contributed by atoms with van der Waals surface area (Å²) >= 11 is 0. The molecular weight excluding hydrogens is 314 g/mol. The third-order valence-corrected chi connectivity index (χ3v) is 3.55. The number of nitrogen functional groups attached to an aromatic ring is 1. The van der Waals surface area contributed by atoms with Gasteiger partial charge in [0.25, 0.3) is 0 Å². The first kappa shape index (κ1) is 16.1. The van der Waals surface area contributed by atoms with E-state index in [0.717, 1.165) is 12.8 Å². The first-order valence-electron chi connectivity index (χ1n) is 7.69. The van der Waals surface area contributed by atoms with Crippen molar-refractivity contribution in [2.24, 2.45) is 0 Å². The third kappa shape index (κ3) is 3.11. The number of hydrogen-bond acceptors (Lipinski definition) is 7. The second-order valence-corrected chi connectivity index (χ2v) is 5.33. The summed E-state index contributed by atoms with van der Waals surface area (Å²) in [5, 5.41) is 9.06. The van der Waals surface area contributed by atoms with E-state index in [4.69, 9.17) is 20.0 Å². The van der Waals surface area contributed by atoms with Gasteiger partial charge in [-0.2, -0.15) is 9.97 Å². The minimum absolute atomic E-state index is 0.136. The van der Waals surface area contributed by atoms with Crippen LogP contribution >= 0.6 is 0 Å². The molecule has 4 N–H and O–H groups in total. The van der Waals surface area contributed by atoms with Crippen LogP contribution in [0, 0.1) is 0 Å². The van der Waals surface area contributed by atoms with Crippen molar-refractivity contribution in [3.05, 3.63) is 34.1 Å². The number of nitrogens with two attached hydrogens (primary N) is 1. The summed E-state index contributed by atoms with van der Waals surface area (Å²) in [6.07, 6.45) is 1.86. The summed E-state index contributed by atoms with van der Waals surface area (Å²) in [4.78, 5) is 23.2. The highest BCUT2D eigenvalue weighted by Crippen LogP contribution is 2.19. The molecule has 0 aliphatic rings. The fourth-order valence-corrected chi connectivity index (χ4v) is 2.30. The van der Waals surface area contributed by atoms with Crippen molar-refractivity contribution in [2.75, 3.05) is 12.3 Å². The number of aliphatic hydroxyl groups is 1. The van der Waals surface area contributed by atoms with Crippen molar-refractivity contribution < 1.29 is 14.3 Å². The molecule has 0 saturated carbocycles. The minimum Gasteiger partial charge on any atom is -0.463 e. The van der Waals surface area contributed by atoms with Crippen molar-refractivity contribution in [2.45, 2.75) is 32.9 Å². The maximum absolute atomic E-state index is 12.2. The molecule has 0 bridgehead atoms. The van der Waals surface area contributed by atoms with E-state index in [-0.39, 0.29) is 30.7 Å². The van der Waals surface area contributed by atoms with Gasteiger partial charge in [0.1, 0.15) is 23.6 Å². The molecule has 0 amide bonds. The molecule has 0 atom stereocenters. The van der Waals surface area contributed by atoms with Crippen LogP contribution in [0.4, 0.5) is 5.82 Å². The summed E-state index contributed by atoms with van der Waals surface area (Å²) in [5.41, 5.74) is 6.22. The van der Waals surface area contributed by atoms with Crippen LogP contribution in [0.2, 0.25) is 0 Å². The van der Waals surface area contributed by atoms with E-state index < -0.39 is 0 Å². The molecule has 3 aromatic heterocycles. The van der Waals surface area contributed by atoms with Gasteiger partial charge in [-0.05, 0) is 18.6 Å². The second kappa shape index (κ2) is 6.75. The number of unbranched alkanes of at least 4 members (excludes halogenated alkanes) is 1. The van der Waals surface area contributed by atoms with E-state index in [1.165, 1.54) is 4.57 Å². The van der Waals surface area contributed by atoms with Gasteiger partial charge in [-0.15, -0.1) is 0 Å². The highest BCUT2D eigenvalue weighted by molar-refractivity contribution is 5.81. The van der Waals surface area contributed by atoms with Gasteiger partial charge in [-0.3, -0.25) is 4.57 Å². The summed E-state index contributed by atoms with van der Waals surface area (Å²) in [6.45, 7) is 2.49. The lowest BCUT2D eigenvalue weighted by molar-refractivity contribution is 0.243. The molecule has 0 aromatic carbocycles. The monoisotopic (exact) mass is 333 g/mol. The number of fused-ring (bicyclic) bond motifs is 1. The van der Waals surface area contributed by atoms with E-state index >= 15 is 0 Å². The zero-order valence-electron chi connectivity index (χ0n) is 13.3. The Labute approximate surface area is 137 Å². The maximum atomic E-state index is 12.2. The first-order chi connectivity index (χ1) is 11.6. The lowest BCUT2D eigenvalue weighted by Crippen LogP contribution is -2.17. The average molecular weight is 333 g/mol. The van der Waals surface area contributed by atoms with Gasteiger partial charge < -0.3 is 25.0 Å². The van der Waals surface area contributed by atoms with Gasteiger partial charge >= 0.3 is 11.7 Å². The molecule has 0 unspecified atom stereocenters. The molecule has 0 saturated heterocycles. The number of H-pyrrole nitrogens is 1. The minimum atomic E-state index is -0.376. The number of aliphatic hydroxyl groups excluding tert-OH is 1. The number of rotatable bonds is 7. The molecule has 3 heterocycles. The molecule has 0 radical (unpaired) electrons. The zero-order valence-corrected chi connectivity index (χ0v) is 13.3. The zero-order chi connectivity index (χ0) is 17.1. The maximum Gasteiger partial charge on any atom is 0.328 e. The molecule has 0 spiro atoms. The van der Waals surface area contributed by atoms with Gasteiger partial charge in [-0.25, -0.2) is 4.79 Å². The van der Waals surface area contributed by atoms with Crippen molar-refractivity contribution in [1.82, 2.24) is 19.5 Å². The number of imidazole rings is 1. The van der Waals surface area contributed by atoms with E-state index in [2.05, 4.69) is 21.9 Å². The first-order valence-corrected chi connectivity index (χ1v) is 7.69. The number of nitrogens with one attached hydrogen (secondary N) is 1. The van der Waals surface area contributed by atoms with E-state index in [0.29, 0.717) is 29.3 Å². The lowest BCUT2D eigenvalue weighted by atomic mass is 10.4. The average Bonchev–Trinajstić information content (AvgIpc) is 3.14. The van der Waals surface area contributed by atoms with Crippen LogP contribution in [0.3, 0.4) is 0 Å². The molecule has 24 heavy (non-hydrogen) atoms. The Hall–Kier alpha value is -2.81. The Morgan fingerprint density at radius 2 is 2.17 bits per heavy atom. The van der Waals surface area contributed by atoms with Gasteiger partial charge in [0.05, 0.1) is 13.2 Å². The molecule has 9 nitrogen and oxygen atoms in total. The van der Waals surface area contributed by atoms with Crippen LogP contribution in [0.25, 0.3) is 11.2 Å². The number of aromatic nitrogens is 4. The predicted molar refractivity (Wildman–Crippen MR) is 86.7 cm³/mol. The molecule has 3 aromatic rings. The van der Waals surface area contributed by atoms with Gasteiger partial charge in [-0.1, -0.05) is 13.3 Å². The van der Waals surface area contributed by atoms with Gasteiger partial charge in [0.2, 0.25) is 0 Å². The lowest BCUT2D eigenvalue weighted by Gasteiger charge is -2.06. The summed E-state index contributed by atoms with van der Waals surface area (Å²) in [6, 6.07) is 3.48. The van der Waals surface area contributed by atoms with Crippen LogP contribution < -0.4 is 16.2 Å². The molecule has 0 fully saturated rings. The van der Waals surface area contributed by atoms with Crippen molar-refractivity contribution in [3.8, 4) is 6.01 Å². The molecular formula is C15H19N5O4. The molecule has 3 rings (SSSR count). The van der Waals surface area contributed by atoms with Gasteiger partial charge in [0, 0.05) is 0 Å². The SMILES string of the molecule is CCCCOc1nc(N)c2[nH]c(=O)n(Cc3ccc(CO)o3)c2n1. The van der Waals surface area contributed by atoms with E-state index in [9.17, 15) is 4.79 Å². The smallest absolute Gasteiger partial charge is 0.328 e. The summed E-state index contributed by atoms with van der Waals surface area (Å²) in [5.74, 6) is 1.10. The fraction of sp³-hybridized carbons (Fsp3) is 0.400. The predicted octanol–water partition coefficient (Wildman–Crippen LogP) is 1.01. The summed E-state index contributed by atoms with van der Waals surface area (Å²) < 4.78 is 12.3. The van der Waals surface area contributed by atoms with E-state index in [1.54, 1.807) is 12.1 Å². The van der Waals surface area contributed by atoms with Crippen molar-refractivity contribution in [1.29, 1.82) is 0 Å². The Bertz CT molecular complexity index is 895. The number of hydrogen-bond donors (Lipinski definition) is 3. The Morgan fingerprint density at radius 3 is 2.88 bits per heavy atom. The quantitative estimate of drug-likeness (QED) is 0.550. The standard InChI is InChI=1S/C15H19N5O4/c1-2-3-6-23-14-18-12(16)11-13(19-14)20(15(22)17-11)7-9-4-5-10(8-21)24-9/h4-5,21H,2-3,6-8H2,1H3,(H,17,22)(H2,16,18,19). The van der Waals surface area contributed by atoms with Crippen LogP contribution in [-0.4, -0.2) is 31.2 Å². The van der Waals surface area contributed by atoms with Crippen molar-refractivity contribution in [3.63, 3.8) is 0 Å². The normalized spacial score (nSPS) is 11.2. The van der Waals surface area contributed by atoms with Crippen LogP contribution in [0.1, 0.15) is 31.3 Å². The van der Waals surface area contributed by atoms with Crippen LogP contribution in [0.5, 0.6) is 6.01 Å². The molecule has 9 heteroatoms. The van der Waals surface area contributed by atoms with E-state index in [1.807, 2.05) is 0 Å². The number of anilines is 1. The number of nitrogens with zero attached hydrogens (tertiary/aromatic N) is 3. The number of aromatic amines is 1. The van der Waals surface area contributed by atoms with Crippen LogP contribution in [-0.2, 0) is 13.2 Å². The highest BCUT2D eigenvalue weighted by atomic mass is 16.5. The Balaban J connectivity index is 1.96. The number of furan rings is 1. The van der Waals surface area contributed by atoms with Crippen molar-refractivity contribution >= 4 is 17.0 Å². The largest absolute Gasteiger partial charge is 0.463 e. The van der Waals surface area contributed by atoms with Crippen LogP contribution in [0.15, 0.2) is 21.3 Å². The topological polar surface area (TPSA) is 132 Å². The Morgan fingerprint density at radius 1 is 1.38 bits per heavy atom. The molecule has 0 aliphatic heterocycles. The van der Waals surface area contributed by atoms with Gasteiger partial charge in [0.15, 0.2) is 11.5 Å². The molecule has 0 aliphatic carbocycles.